The number of rotatable bonds is 2. The second kappa shape index (κ2) is 4.52. The molecule has 0 bridgehead atoms. The SMILES string of the molecule is CCOC1[C@@H](O)[C@H](O)C(O)[C@H](O)[C@H]1O. The van der Waals surface area contributed by atoms with E-state index in [-0.39, 0.29) is 6.61 Å². The van der Waals surface area contributed by atoms with Crippen molar-refractivity contribution in [1.29, 1.82) is 0 Å². The molecule has 1 rings (SSSR count). The Labute approximate surface area is 81.4 Å². The van der Waals surface area contributed by atoms with Gasteiger partial charge in [0.2, 0.25) is 0 Å². The largest absolute Gasteiger partial charge is 0.387 e. The van der Waals surface area contributed by atoms with Crippen LogP contribution in [0.5, 0.6) is 0 Å². The van der Waals surface area contributed by atoms with Gasteiger partial charge >= 0.3 is 0 Å². The van der Waals surface area contributed by atoms with Gasteiger partial charge < -0.3 is 30.3 Å². The third kappa shape index (κ3) is 1.90. The van der Waals surface area contributed by atoms with Gasteiger partial charge in [-0.25, -0.2) is 0 Å². The first-order valence-corrected chi connectivity index (χ1v) is 4.52. The molecule has 6 heteroatoms. The first-order valence-electron chi connectivity index (χ1n) is 4.52. The van der Waals surface area contributed by atoms with Gasteiger partial charge in [-0.05, 0) is 6.92 Å². The molecule has 5 N–H and O–H groups in total. The van der Waals surface area contributed by atoms with Crippen LogP contribution in [-0.4, -0.2) is 68.8 Å². The molecule has 6 nitrogen and oxygen atoms in total. The summed E-state index contributed by atoms with van der Waals surface area (Å²) in [5.41, 5.74) is 0. The Kier molecular flexibility index (Phi) is 3.82. The summed E-state index contributed by atoms with van der Waals surface area (Å²) in [5.74, 6) is 0. The van der Waals surface area contributed by atoms with Crippen molar-refractivity contribution in [3.05, 3.63) is 0 Å². The standard InChI is InChI=1S/C8H16O6/c1-2-14-8-6(12)4(10)3(9)5(11)7(8)13/h3-13H,2H2,1H3/t3?,4-,5+,6+,7-,8?. The molecule has 0 radical (unpaired) electrons. The summed E-state index contributed by atoms with van der Waals surface area (Å²) in [4.78, 5) is 0. The highest BCUT2D eigenvalue weighted by Crippen LogP contribution is 2.23. The third-order valence-corrected chi connectivity index (χ3v) is 2.43. The van der Waals surface area contributed by atoms with Crippen LogP contribution < -0.4 is 0 Å². The third-order valence-electron chi connectivity index (χ3n) is 2.43. The Balaban J connectivity index is 2.75. The average Bonchev–Trinajstić information content (AvgIpc) is 2.19. The number of aliphatic hydroxyl groups is 5. The quantitative estimate of drug-likeness (QED) is 0.335. The van der Waals surface area contributed by atoms with Gasteiger partial charge in [-0.2, -0.15) is 0 Å². The van der Waals surface area contributed by atoms with E-state index in [4.69, 9.17) is 4.74 Å². The van der Waals surface area contributed by atoms with Crippen molar-refractivity contribution >= 4 is 0 Å². The van der Waals surface area contributed by atoms with Crippen molar-refractivity contribution < 1.29 is 30.3 Å². The molecule has 6 atom stereocenters. The van der Waals surface area contributed by atoms with E-state index in [1.807, 2.05) is 0 Å². The molecule has 84 valence electrons. The van der Waals surface area contributed by atoms with E-state index in [1.54, 1.807) is 6.92 Å². The maximum Gasteiger partial charge on any atom is 0.114 e. The molecule has 0 spiro atoms. The Morgan fingerprint density at radius 3 is 1.50 bits per heavy atom. The summed E-state index contributed by atoms with van der Waals surface area (Å²) in [6, 6.07) is 0. The normalized spacial score (nSPS) is 49.3. The van der Waals surface area contributed by atoms with Gasteiger partial charge in [-0.3, -0.25) is 0 Å². The molecular weight excluding hydrogens is 192 g/mol. The Morgan fingerprint density at radius 1 is 0.786 bits per heavy atom. The van der Waals surface area contributed by atoms with Gasteiger partial charge in [0.1, 0.15) is 36.6 Å². The highest BCUT2D eigenvalue weighted by atomic mass is 16.5. The van der Waals surface area contributed by atoms with Gasteiger partial charge in [0.25, 0.3) is 0 Å². The smallest absolute Gasteiger partial charge is 0.114 e. The molecule has 2 unspecified atom stereocenters. The van der Waals surface area contributed by atoms with Crippen molar-refractivity contribution in [2.45, 2.75) is 43.5 Å². The predicted octanol–water partition coefficient (Wildman–Crippen LogP) is -2.79. The lowest BCUT2D eigenvalue weighted by Crippen LogP contribution is -2.64. The molecule has 0 aromatic carbocycles. The fraction of sp³-hybridized carbons (Fsp3) is 1.00. The molecular formula is C8H16O6. The van der Waals surface area contributed by atoms with E-state index in [0.717, 1.165) is 0 Å². The summed E-state index contributed by atoms with van der Waals surface area (Å²) in [5, 5.41) is 46.6. The first kappa shape index (κ1) is 11.8. The van der Waals surface area contributed by atoms with Crippen LogP contribution in [-0.2, 0) is 4.74 Å². The van der Waals surface area contributed by atoms with E-state index < -0.39 is 36.6 Å². The summed E-state index contributed by atoms with van der Waals surface area (Å²) in [6.45, 7) is 1.89. The summed E-state index contributed by atoms with van der Waals surface area (Å²) in [7, 11) is 0. The summed E-state index contributed by atoms with van der Waals surface area (Å²) >= 11 is 0. The monoisotopic (exact) mass is 208 g/mol. The minimum Gasteiger partial charge on any atom is -0.387 e. The van der Waals surface area contributed by atoms with Crippen LogP contribution in [0.15, 0.2) is 0 Å². The lowest BCUT2D eigenvalue weighted by molar-refractivity contribution is -0.234. The Hall–Kier alpha value is -0.240. The van der Waals surface area contributed by atoms with Crippen LogP contribution in [0, 0.1) is 0 Å². The minimum atomic E-state index is -1.56. The van der Waals surface area contributed by atoms with Crippen LogP contribution in [0.1, 0.15) is 6.92 Å². The molecule has 14 heavy (non-hydrogen) atoms. The summed E-state index contributed by atoms with van der Waals surface area (Å²) < 4.78 is 4.97. The molecule has 0 saturated heterocycles. The molecule has 0 aromatic heterocycles. The van der Waals surface area contributed by atoms with Gasteiger partial charge in [-0.15, -0.1) is 0 Å². The lowest BCUT2D eigenvalue weighted by atomic mass is 9.85. The van der Waals surface area contributed by atoms with Crippen molar-refractivity contribution in [3.8, 4) is 0 Å². The zero-order valence-corrected chi connectivity index (χ0v) is 7.82. The number of hydrogen-bond donors (Lipinski definition) is 5. The second-order valence-corrected chi connectivity index (χ2v) is 3.37. The van der Waals surface area contributed by atoms with E-state index in [1.165, 1.54) is 0 Å². The molecule has 1 aliphatic carbocycles. The second-order valence-electron chi connectivity index (χ2n) is 3.37. The maximum absolute atomic E-state index is 9.42. The van der Waals surface area contributed by atoms with E-state index in [2.05, 4.69) is 0 Å². The van der Waals surface area contributed by atoms with Crippen molar-refractivity contribution in [1.82, 2.24) is 0 Å². The molecule has 1 aliphatic rings. The van der Waals surface area contributed by atoms with Gasteiger partial charge in [0, 0.05) is 6.61 Å². The van der Waals surface area contributed by atoms with Crippen molar-refractivity contribution in [3.63, 3.8) is 0 Å². The van der Waals surface area contributed by atoms with Crippen LogP contribution in [0.3, 0.4) is 0 Å². The number of aliphatic hydroxyl groups excluding tert-OH is 5. The highest BCUT2D eigenvalue weighted by molar-refractivity contribution is 4.99. The first-order chi connectivity index (χ1) is 6.50. The van der Waals surface area contributed by atoms with Crippen LogP contribution in [0.4, 0.5) is 0 Å². The number of hydrogen-bond acceptors (Lipinski definition) is 6. The Morgan fingerprint density at radius 2 is 1.14 bits per heavy atom. The zero-order chi connectivity index (χ0) is 10.9. The highest BCUT2D eigenvalue weighted by Gasteiger charge is 2.48. The van der Waals surface area contributed by atoms with Crippen molar-refractivity contribution in [2.24, 2.45) is 0 Å². The van der Waals surface area contributed by atoms with Crippen LogP contribution >= 0.6 is 0 Å². The van der Waals surface area contributed by atoms with E-state index in [0.29, 0.717) is 0 Å². The van der Waals surface area contributed by atoms with Gasteiger partial charge in [0.05, 0.1) is 0 Å². The van der Waals surface area contributed by atoms with Gasteiger partial charge in [0.15, 0.2) is 0 Å². The van der Waals surface area contributed by atoms with E-state index in [9.17, 15) is 25.5 Å². The topological polar surface area (TPSA) is 110 Å². The molecule has 0 aliphatic heterocycles. The molecule has 0 heterocycles. The molecule has 0 amide bonds. The predicted molar refractivity (Wildman–Crippen MR) is 45.4 cm³/mol. The minimum absolute atomic E-state index is 0.230. The number of ether oxygens (including phenoxy) is 1. The molecule has 0 aromatic rings. The lowest BCUT2D eigenvalue weighted by Gasteiger charge is -2.41. The maximum atomic E-state index is 9.42. The van der Waals surface area contributed by atoms with E-state index >= 15 is 0 Å². The average molecular weight is 208 g/mol. The summed E-state index contributed by atoms with van der Waals surface area (Å²) in [6.07, 6.45) is -8.45. The van der Waals surface area contributed by atoms with Crippen LogP contribution in [0.2, 0.25) is 0 Å². The zero-order valence-electron chi connectivity index (χ0n) is 7.82. The molecule has 1 fully saturated rings. The Bertz CT molecular complexity index is 171. The van der Waals surface area contributed by atoms with Crippen molar-refractivity contribution in [2.75, 3.05) is 6.61 Å². The fourth-order valence-corrected chi connectivity index (χ4v) is 1.59. The fourth-order valence-electron chi connectivity index (χ4n) is 1.59. The van der Waals surface area contributed by atoms with Gasteiger partial charge in [-0.1, -0.05) is 0 Å². The van der Waals surface area contributed by atoms with Crippen LogP contribution in [0.25, 0.3) is 0 Å². The molecule has 1 saturated carbocycles.